The minimum Gasteiger partial charge on any atom is -0.497 e. The monoisotopic (exact) mass is 471 g/mol. The van der Waals surface area contributed by atoms with Crippen molar-refractivity contribution in [3.05, 3.63) is 29.8 Å². The van der Waals surface area contributed by atoms with Crippen LogP contribution in [0.4, 0.5) is 9.59 Å². The average Bonchev–Trinajstić information content (AvgIpc) is 2.90. The summed E-state index contributed by atoms with van der Waals surface area (Å²) >= 11 is 0. The lowest BCUT2D eigenvalue weighted by Crippen LogP contribution is -2.71. The van der Waals surface area contributed by atoms with Crippen molar-refractivity contribution < 1.29 is 23.9 Å². The first-order valence-electron chi connectivity index (χ1n) is 12.1. The Morgan fingerprint density at radius 2 is 1.76 bits per heavy atom. The summed E-state index contributed by atoms with van der Waals surface area (Å²) in [5.41, 5.74) is -1.19. The van der Waals surface area contributed by atoms with Crippen molar-refractivity contribution in [2.75, 3.05) is 20.7 Å². The van der Waals surface area contributed by atoms with E-state index in [9.17, 15) is 14.4 Å². The van der Waals surface area contributed by atoms with Gasteiger partial charge in [0.2, 0.25) is 0 Å². The van der Waals surface area contributed by atoms with E-state index < -0.39 is 22.8 Å². The van der Waals surface area contributed by atoms with Gasteiger partial charge in [0, 0.05) is 32.0 Å². The van der Waals surface area contributed by atoms with Crippen LogP contribution in [0.5, 0.6) is 5.75 Å². The first-order valence-corrected chi connectivity index (χ1v) is 12.1. The third-order valence-corrected chi connectivity index (χ3v) is 7.61. The van der Waals surface area contributed by atoms with Crippen LogP contribution < -0.4 is 4.74 Å². The second-order valence-corrected chi connectivity index (χ2v) is 11.4. The van der Waals surface area contributed by atoms with Gasteiger partial charge in [-0.3, -0.25) is 9.69 Å². The summed E-state index contributed by atoms with van der Waals surface area (Å²) in [6, 6.07) is 7.19. The van der Waals surface area contributed by atoms with Gasteiger partial charge in [0.25, 0.3) is 5.91 Å². The number of hydrogen-bond donors (Lipinski definition) is 0. The fraction of sp³-hybridized carbons (Fsp3) is 0.654. The maximum atomic E-state index is 13.8. The molecule has 0 atom stereocenters. The molecule has 1 spiro atoms. The zero-order chi connectivity index (χ0) is 24.9. The zero-order valence-electron chi connectivity index (χ0n) is 21.2. The molecule has 8 nitrogen and oxygen atoms in total. The average molecular weight is 472 g/mol. The van der Waals surface area contributed by atoms with E-state index in [1.54, 1.807) is 24.0 Å². The number of amides is 4. The summed E-state index contributed by atoms with van der Waals surface area (Å²) in [5, 5.41) is 0. The highest BCUT2D eigenvalue weighted by atomic mass is 16.6. The molecule has 1 saturated heterocycles. The highest BCUT2D eigenvalue weighted by Crippen LogP contribution is 2.53. The Kier molecular flexibility index (Phi) is 6.07. The molecule has 1 aromatic rings. The molecule has 0 aromatic heterocycles. The molecule has 1 aromatic carbocycles. The van der Waals surface area contributed by atoms with Crippen LogP contribution in [0.25, 0.3) is 0 Å². The first-order chi connectivity index (χ1) is 15.9. The van der Waals surface area contributed by atoms with Gasteiger partial charge in [-0.1, -0.05) is 18.6 Å². The molecule has 0 unspecified atom stereocenters. The Labute approximate surface area is 202 Å². The van der Waals surface area contributed by atoms with Crippen LogP contribution in [-0.4, -0.2) is 70.1 Å². The van der Waals surface area contributed by atoms with Gasteiger partial charge in [-0.25, -0.2) is 9.59 Å². The lowest BCUT2D eigenvalue weighted by molar-refractivity contribution is -0.148. The van der Waals surface area contributed by atoms with Crippen molar-refractivity contribution >= 4 is 18.0 Å². The zero-order valence-corrected chi connectivity index (χ0v) is 21.2. The number of carbonyl (C=O) groups is 3. The van der Waals surface area contributed by atoms with Crippen molar-refractivity contribution in [3.8, 4) is 5.75 Å². The Balaban J connectivity index is 1.55. The number of methoxy groups -OCH3 is 1. The van der Waals surface area contributed by atoms with Gasteiger partial charge in [0.05, 0.1) is 13.7 Å². The second kappa shape index (κ2) is 8.47. The van der Waals surface area contributed by atoms with Crippen LogP contribution in [0.15, 0.2) is 24.3 Å². The van der Waals surface area contributed by atoms with E-state index in [1.165, 1.54) is 11.3 Å². The van der Waals surface area contributed by atoms with Crippen molar-refractivity contribution in [1.82, 2.24) is 14.7 Å². The van der Waals surface area contributed by atoms with Crippen LogP contribution in [-0.2, 0) is 16.1 Å². The van der Waals surface area contributed by atoms with E-state index >= 15 is 0 Å². The predicted molar refractivity (Wildman–Crippen MR) is 127 cm³/mol. The fourth-order valence-corrected chi connectivity index (χ4v) is 5.36. The minimum absolute atomic E-state index is 0.164. The van der Waals surface area contributed by atoms with Crippen LogP contribution in [0.3, 0.4) is 0 Å². The quantitative estimate of drug-likeness (QED) is 0.574. The summed E-state index contributed by atoms with van der Waals surface area (Å²) in [6.07, 6.45) is 3.74. The third-order valence-electron chi connectivity index (χ3n) is 7.61. The molecule has 0 N–H and O–H groups in total. The number of carbonyl (C=O) groups excluding carboxylic acids is 3. The predicted octanol–water partition coefficient (Wildman–Crippen LogP) is 4.42. The molecule has 4 rings (SSSR count). The number of hydrogen-bond acceptors (Lipinski definition) is 5. The number of rotatable bonds is 6. The topological polar surface area (TPSA) is 79.4 Å². The van der Waals surface area contributed by atoms with Crippen molar-refractivity contribution in [2.24, 2.45) is 5.92 Å². The van der Waals surface area contributed by atoms with Gasteiger partial charge in [-0.15, -0.1) is 0 Å². The van der Waals surface area contributed by atoms with Crippen molar-refractivity contribution in [1.29, 1.82) is 0 Å². The van der Waals surface area contributed by atoms with Crippen molar-refractivity contribution in [3.63, 3.8) is 0 Å². The summed E-state index contributed by atoms with van der Waals surface area (Å²) in [7, 11) is 3.32. The Bertz CT molecular complexity index is 958. The summed E-state index contributed by atoms with van der Waals surface area (Å²) in [4.78, 5) is 44.8. The third kappa shape index (κ3) is 4.23. The summed E-state index contributed by atoms with van der Waals surface area (Å²) < 4.78 is 10.8. The Hall–Kier alpha value is -2.77. The normalized spacial score (nSPS) is 27.0. The van der Waals surface area contributed by atoms with Crippen LogP contribution in [0.1, 0.15) is 65.4 Å². The summed E-state index contributed by atoms with van der Waals surface area (Å²) in [5.74, 6) is 0.999. The molecular formula is C26H37N3O5. The van der Waals surface area contributed by atoms with Gasteiger partial charge in [0.1, 0.15) is 16.9 Å². The molecule has 3 fully saturated rings. The highest BCUT2D eigenvalue weighted by molar-refractivity contribution is 6.08. The Morgan fingerprint density at radius 1 is 1.15 bits per heavy atom. The molecule has 4 amide bonds. The first kappa shape index (κ1) is 24.4. The molecule has 2 aliphatic carbocycles. The second-order valence-electron chi connectivity index (χ2n) is 11.4. The highest BCUT2D eigenvalue weighted by Gasteiger charge is 2.69. The van der Waals surface area contributed by atoms with E-state index in [2.05, 4.69) is 0 Å². The smallest absolute Gasteiger partial charge is 0.410 e. The molecule has 2 saturated carbocycles. The molecule has 3 aliphatic rings. The van der Waals surface area contributed by atoms with E-state index in [0.717, 1.165) is 24.2 Å². The lowest BCUT2D eigenvalue weighted by Gasteiger charge is -2.58. The molecule has 1 heterocycles. The molecule has 1 aliphatic heterocycles. The van der Waals surface area contributed by atoms with Gasteiger partial charge in [-0.2, -0.15) is 0 Å². The van der Waals surface area contributed by atoms with E-state index in [-0.39, 0.29) is 18.5 Å². The number of ether oxygens (including phenoxy) is 2. The maximum absolute atomic E-state index is 13.8. The molecular weight excluding hydrogens is 434 g/mol. The number of imide groups is 1. The van der Waals surface area contributed by atoms with Crippen LogP contribution in [0.2, 0.25) is 0 Å². The van der Waals surface area contributed by atoms with Gasteiger partial charge in [-0.05, 0) is 64.2 Å². The lowest BCUT2D eigenvalue weighted by atomic mass is 9.61. The van der Waals surface area contributed by atoms with Crippen LogP contribution in [0, 0.1) is 5.92 Å². The maximum Gasteiger partial charge on any atom is 0.410 e. The number of urea groups is 1. The van der Waals surface area contributed by atoms with Gasteiger partial charge in [0.15, 0.2) is 0 Å². The minimum atomic E-state index is -0.899. The molecule has 34 heavy (non-hydrogen) atoms. The molecule has 0 bridgehead atoms. The van der Waals surface area contributed by atoms with Crippen molar-refractivity contribution in [2.45, 2.75) is 83.0 Å². The molecule has 8 heteroatoms. The molecule has 0 radical (unpaired) electrons. The van der Waals surface area contributed by atoms with E-state index in [4.69, 9.17) is 9.47 Å². The SMILES string of the molecule is COc1ccc(CN2C(=O)N(CC3CCC3)C3(CC(C)(N(C)C(=O)OC(C)(C)C)C3)C2=O)cc1. The standard InChI is InChI=1S/C26H37N3O5/c1-24(2,3)34-23(32)27(5)25(4)16-26(17-25)21(30)28(14-19-10-12-20(33-6)13-11-19)22(31)29(26)15-18-8-7-9-18/h10-13,18H,7-9,14-17H2,1-6H3. The molecule has 186 valence electrons. The fourth-order valence-electron chi connectivity index (χ4n) is 5.36. The van der Waals surface area contributed by atoms with Crippen LogP contribution >= 0.6 is 0 Å². The van der Waals surface area contributed by atoms with E-state index in [0.29, 0.717) is 25.3 Å². The number of nitrogens with zero attached hydrogens (tertiary/aromatic N) is 3. The Morgan fingerprint density at radius 3 is 2.26 bits per heavy atom. The number of benzene rings is 1. The van der Waals surface area contributed by atoms with Gasteiger partial charge < -0.3 is 19.3 Å². The van der Waals surface area contributed by atoms with Gasteiger partial charge >= 0.3 is 12.1 Å². The summed E-state index contributed by atoms with van der Waals surface area (Å²) in [6.45, 7) is 8.28. The van der Waals surface area contributed by atoms with E-state index in [1.807, 2.05) is 52.0 Å². The largest absolute Gasteiger partial charge is 0.497 e.